The first kappa shape index (κ1) is 29.8. The van der Waals surface area contributed by atoms with Crippen LogP contribution in [-0.4, -0.2) is 33.3 Å². The van der Waals surface area contributed by atoms with Crippen molar-refractivity contribution in [1.29, 1.82) is 0 Å². The molecule has 8 rings (SSSR count). The minimum atomic E-state index is 0.650. The van der Waals surface area contributed by atoms with Gasteiger partial charge in [-0.2, -0.15) is 0 Å². The number of rotatable bonds is 11. The first-order valence-electron chi connectivity index (χ1n) is 16.8. The number of hydrogen-bond donors (Lipinski definition) is 0. The van der Waals surface area contributed by atoms with Crippen LogP contribution in [0.25, 0.3) is 65.9 Å². The molecule has 238 valence electrons. The van der Waals surface area contributed by atoms with Crippen molar-refractivity contribution < 1.29 is 9.47 Å². The van der Waals surface area contributed by atoms with E-state index in [1.807, 2.05) is 12.1 Å². The highest BCUT2D eigenvalue weighted by Gasteiger charge is 2.15. The third-order valence-corrected chi connectivity index (χ3v) is 9.61. The molecule has 0 unspecified atom stereocenters. The summed E-state index contributed by atoms with van der Waals surface area (Å²) in [6.45, 7) is 1.99. The Morgan fingerprint density at radius 3 is 1.35 bits per heavy atom. The van der Waals surface area contributed by atoms with Gasteiger partial charge in [0, 0.05) is 80.2 Å². The molecular formula is C42H38N4O2. The van der Waals surface area contributed by atoms with Gasteiger partial charge < -0.3 is 18.6 Å². The number of para-hydroxylation sites is 2. The van der Waals surface area contributed by atoms with E-state index >= 15 is 0 Å². The standard InChI is InChI=1S/C42H38N4O2/c1-47-41-31(15-11-23-43-41)29-19-21-39-35(27-29)33-13-5-7-17-37(33)45(39)25-9-3-4-10-26-46-38-18-8-6-14-34(38)36-28-30(20-22-40(36)46)32-16-12-24-44-42(32)48-2/h5-8,11-24,27-28H,3-4,9-10,25-26H2,1-2H3. The van der Waals surface area contributed by atoms with E-state index in [-0.39, 0.29) is 0 Å². The Bertz CT molecular complexity index is 2230. The van der Waals surface area contributed by atoms with Crippen molar-refractivity contribution >= 4 is 43.6 Å². The van der Waals surface area contributed by atoms with Crippen molar-refractivity contribution in [2.45, 2.75) is 38.8 Å². The quantitative estimate of drug-likeness (QED) is 0.133. The van der Waals surface area contributed by atoms with Crippen molar-refractivity contribution in [3.63, 3.8) is 0 Å². The van der Waals surface area contributed by atoms with Crippen LogP contribution in [-0.2, 0) is 13.1 Å². The fourth-order valence-corrected chi connectivity index (χ4v) is 7.36. The maximum Gasteiger partial charge on any atom is 0.221 e. The van der Waals surface area contributed by atoms with Crippen LogP contribution in [0.2, 0.25) is 0 Å². The monoisotopic (exact) mass is 630 g/mol. The Morgan fingerprint density at radius 1 is 0.458 bits per heavy atom. The van der Waals surface area contributed by atoms with Crippen LogP contribution in [0.15, 0.2) is 122 Å². The average Bonchev–Trinajstić information content (AvgIpc) is 3.64. The number of hydrogen-bond acceptors (Lipinski definition) is 4. The normalized spacial score (nSPS) is 11.6. The topological polar surface area (TPSA) is 54.1 Å². The van der Waals surface area contributed by atoms with Crippen LogP contribution in [0.4, 0.5) is 0 Å². The van der Waals surface area contributed by atoms with Crippen LogP contribution in [0.3, 0.4) is 0 Å². The number of ether oxygens (including phenoxy) is 2. The predicted molar refractivity (Wildman–Crippen MR) is 197 cm³/mol. The molecule has 6 heteroatoms. The van der Waals surface area contributed by atoms with Crippen molar-refractivity contribution in [1.82, 2.24) is 19.1 Å². The molecule has 4 aromatic carbocycles. The molecule has 0 radical (unpaired) electrons. The average molecular weight is 631 g/mol. The lowest BCUT2D eigenvalue weighted by Crippen LogP contribution is -2.00. The van der Waals surface area contributed by atoms with Gasteiger partial charge in [0.15, 0.2) is 0 Å². The summed E-state index contributed by atoms with van der Waals surface area (Å²) in [4.78, 5) is 8.83. The molecule has 0 N–H and O–H groups in total. The molecule has 0 aliphatic rings. The largest absolute Gasteiger partial charge is 0.481 e. The molecule has 8 aromatic rings. The molecule has 0 fully saturated rings. The molecule has 0 aliphatic heterocycles. The Kier molecular flexibility index (Phi) is 7.99. The van der Waals surface area contributed by atoms with Gasteiger partial charge in [0.2, 0.25) is 11.8 Å². The first-order valence-corrected chi connectivity index (χ1v) is 16.8. The Morgan fingerprint density at radius 2 is 0.896 bits per heavy atom. The van der Waals surface area contributed by atoms with Gasteiger partial charge in [0.25, 0.3) is 0 Å². The molecule has 0 atom stereocenters. The maximum absolute atomic E-state index is 5.56. The van der Waals surface area contributed by atoms with Crippen molar-refractivity contribution in [3.8, 4) is 34.0 Å². The van der Waals surface area contributed by atoms with Gasteiger partial charge in [-0.1, -0.05) is 61.4 Å². The van der Waals surface area contributed by atoms with Crippen molar-refractivity contribution in [2.24, 2.45) is 0 Å². The summed E-state index contributed by atoms with van der Waals surface area (Å²) >= 11 is 0. The Balaban J connectivity index is 0.987. The SMILES string of the molecule is COc1ncccc1-c1ccc2c(c1)c1ccccc1n2CCCCCCn1c2ccccc2c2cc(-c3cccnc3OC)ccc21. The van der Waals surface area contributed by atoms with Crippen molar-refractivity contribution in [3.05, 3.63) is 122 Å². The van der Waals surface area contributed by atoms with E-state index in [4.69, 9.17) is 9.47 Å². The molecule has 0 amide bonds. The number of methoxy groups -OCH3 is 2. The summed E-state index contributed by atoms with van der Waals surface area (Å²) < 4.78 is 16.1. The molecule has 48 heavy (non-hydrogen) atoms. The van der Waals surface area contributed by atoms with Crippen LogP contribution >= 0.6 is 0 Å². The molecule has 6 nitrogen and oxygen atoms in total. The summed E-state index contributed by atoms with van der Waals surface area (Å²) in [5.74, 6) is 1.30. The fourth-order valence-electron chi connectivity index (χ4n) is 7.36. The lowest BCUT2D eigenvalue weighted by atomic mass is 10.0. The van der Waals surface area contributed by atoms with Gasteiger partial charge >= 0.3 is 0 Å². The van der Waals surface area contributed by atoms with E-state index in [0.717, 1.165) is 48.2 Å². The highest BCUT2D eigenvalue weighted by atomic mass is 16.5. The third kappa shape index (κ3) is 5.23. The number of pyridine rings is 2. The second-order valence-electron chi connectivity index (χ2n) is 12.3. The van der Waals surface area contributed by atoms with Crippen LogP contribution in [0.1, 0.15) is 25.7 Å². The van der Waals surface area contributed by atoms with Crippen LogP contribution < -0.4 is 9.47 Å². The summed E-state index contributed by atoms with van der Waals surface area (Å²) in [6.07, 6.45) is 8.17. The van der Waals surface area contributed by atoms with Gasteiger partial charge in [-0.3, -0.25) is 0 Å². The van der Waals surface area contributed by atoms with Gasteiger partial charge in [-0.25, -0.2) is 9.97 Å². The zero-order chi connectivity index (χ0) is 32.5. The molecule has 0 aliphatic carbocycles. The van der Waals surface area contributed by atoms with E-state index in [2.05, 4.69) is 116 Å². The molecule has 4 heterocycles. The third-order valence-electron chi connectivity index (χ3n) is 9.61. The second-order valence-corrected chi connectivity index (χ2v) is 12.3. The number of benzene rings is 4. The van der Waals surface area contributed by atoms with E-state index in [9.17, 15) is 0 Å². The summed E-state index contributed by atoms with van der Waals surface area (Å²) in [6, 6.07) is 39.1. The molecule has 4 aromatic heterocycles. The van der Waals surface area contributed by atoms with Crippen molar-refractivity contribution in [2.75, 3.05) is 14.2 Å². The highest BCUT2D eigenvalue weighted by molar-refractivity contribution is 6.10. The summed E-state index contributed by atoms with van der Waals surface area (Å²) in [5, 5.41) is 5.11. The van der Waals surface area contributed by atoms with Gasteiger partial charge in [-0.15, -0.1) is 0 Å². The van der Waals surface area contributed by atoms with Crippen LogP contribution in [0.5, 0.6) is 11.8 Å². The molecule has 0 spiro atoms. The number of aromatic nitrogens is 4. The smallest absolute Gasteiger partial charge is 0.221 e. The molecular weight excluding hydrogens is 592 g/mol. The number of aryl methyl sites for hydroxylation is 2. The van der Waals surface area contributed by atoms with E-state index in [1.54, 1.807) is 26.6 Å². The van der Waals surface area contributed by atoms with E-state index in [0.29, 0.717) is 11.8 Å². The number of nitrogens with zero attached hydrogens (tertiary/aromatic N) is 4. The maximum atomic E-state index is 5.56. The fraction of sp³-hybridized carbons (Fsp3) is 0.190. The second kappa shape index (κ2) is 12.9. The Labute approximate surface area is 280 Å². The molecule has 0 saturated heterocycles. The van der Waals surface area contributed by atoms with Gasteiger partial charge in [0.05, 0.1) is 14.2 Å². The minimum Gasteiger partial charge on any atom is -0.481 e. The van der Waals surface area contributed by atoms with Gasteiger partial charge in [-0.05, 0) is 84.6 Å². The van der Waals surface area contributed by atoms with E-state index < -0.39 is 0 Å². The minimum absolute atomic E-state index is 0.650. The summed E-state index contributed by atoms with van der Waals surface area (Å²) in [5.41, 5.74) is 9.38. The molecule has 0 bridgehead atoms. The first-order chi connectivity index (χ1) is 23.7. The molecule has 0 saturated carbocycles. The summed E-state index contributed by atoms with van der Waals surface area (Å²) in [7, 11) is 3.35. The zero-order valence-corrected chi connectivity index (χ0v) is 27.4. The zero-order valence-electron chi connectivity index (χ0n) is 27.4. The number of fused-ring (bicyclic) bond motifs is 6. The lowest BCUT2D eigenvalue weighted by molar-refractivity contribution is 0.399. The predicted octanol–water partition coefficient (Wildman–Crippen LogP) is 10.3. The lowest BCUT2D eigenvalue weighted by Gasteiger charge is -2.11. The highest BCUT2D eigenvalue weighted by Crippen LogP contribution is 2.37. The van der Waals surface area contributed by atoms with Gasteiger partial charge in [0.1, 0.15) is 0 Å². The number of unbranched alkanes of at least 4 members (excludes halogenated alkanes) is 3. The van der Waals surface area contributed by atoms with E-state index in [1.165, 1.54) is 56.5 Å². The van der Waals surface area contributed by atoms with Crippen LogP contribution in [0, 0.1) is 0 Å². The Hall–Kier alpha value is -5.62.